The Balaban J connectivity index is 1.60. The summed E-state index contributed by atoms with van der Waals surface area (Å²) in [5.74, 6) is 1.70. The number of hydrogen-bond acceptors (Lipinski definition) is 5. The molecule has 0 saturated carbocycles. The number of likely N-dealkylation sites (N-methyl/N-ethyl adjacent to an activating group) is 1. The predicted octanol–water partition coefficient (Wildman–Crippen LogP) is 3.81. The number of hydrogen-bond donors (Lipinski definition) is 0. The Hall–Kier alpha value is -3.28. The van der Waals surface area contributed by atoms with Gasteiger partial charge in [0.25, 0.3) is 5.91 Å². The molecule has 0 saturated heterocycles. The summed E-state index contributed by atoms with van der Waals surface area (Å²) in [5, 5.41) is 3.90. The zero-order valence-electron chi connectivity index (χ0n) is 15.6. The Morgan fingerprint density at radius 3 is 2.63 bits per heavy atom. The molecule has 0 fully saturated rings. The Morgan fingerprint density at radius 1 is 1.15 bits per heavy atom. The van der Waals surface area contributed by atoms with Crippen molar-refractivity contribution in [2.24, 2.45) is 0 Å². The van der Waals surface area contributed by atoms with Gasteiger partial charge in [0, 0.05) is 13.1 Å². The number of ether oxygens (including phenoxy) is 2. The fraction of sp³-hybridized carbons (Fsp3) is 0.238. The first kappa shape index (κ1) is 18.5. The Kier molecular flexibility index (Phi) is 5.76. The van der Waals surface area contributed by atoms with Crippen LogP contribution in [0.15, 0.2) is 59.1 Å². The molecule has 0 aliphatic heterocycles. The quantitative estimate of drug-likeness (QED) is 0.636. The van der Waals surface area contributed by atoms with Crippen molar-refractivity contribution in [1.82, 2.24) is 10.1 Å². The molecular formula is C21H22N2O4. The summed E-state index contributed by atoms with van der Waals surface area (Å²) in [7, 11) is 3.29. The van der Waals surface area contributed by atoms with E-state index in [-0.39, 0.29) is 11.6 Å². The predicted molar refractivity (Wildman–Crippen MR) is 102 cm³/mol. The van der Waals surface area contributed by atoms with E-state index < -0.39 is 0 Å². The maximum absolute atomic E-state index is 12.5. The highest BCUT2D eigenvalue weighted by atomic mass is 16.5. The van der Waals surface area contributed by atoms with Gasteiger partial charge in [0.2, 0.25) is 0 Å². The summed E-state index contributed by atoms with van der Waals surface area (Å²) in [6, 6.07) is 16.8. The molecule has 1 amide bonds. The van der Waals surface area contributed by atoms with Gasteiger partial charge in [-0.3, -0.25) is 4.79 Å². The molecule has 0 atom stereocenters. The molecule has 0 radical (unpaired) electrons. The van der Waals surface area contributed by atoms with Gasteiger partial charge in [-0.25, -0.2) is 0 Å². The van der Waals surface area contributed by atoms with Crippen LogP contribution in [0.2, 0.25) is 0 Å². The smallest absolute Gasteiger partial charge is 0.275 e. The fourth-order valence-electron chi connectivity index (χ4n) is 2.58. The molecule has 0 bridgehead atoms. The highest BCUT2D eigenvalue weighted by molar-refractivity contribution is 5.93. The highest BCUT2D eigenvalue weighted by Crippen LogP contribution is 2.30. The number of carbonyl (C=O) groups excluding carboxylic acids is 1. The fourth-order valence-corrected chi connectivity index (χ4v) is 2.58. The second kappa shape index (κ2) is 8.40. The van der Waals surface area contributed by atoms with Crippen molar-refractivity contribution >= 4 is 5.91 Å². The van der Waals surface area contributed by atoms with Crippen LogP contribution < -0.4 is 9.47 Å². The van der Waals surface area contributed by atoms with E-state index in [1.165, 1.54) is 5.56 Å². The molecule has 3 rings (SSSR count). The molecule has 140 valence electrons. The van der Waals surface area contributed by atoms with Gasteiger partial charge < -0.3 is 18.9 Å². The minimum atomic E-state index is -0.229. The van der Waals surface area contributed by atoms with E-state index in [0.717, 1.165) is 11.3 Å². The summed E-state index contributed by atoms with van der Waals surface area (Å²) in [4.78, 5) is 14.1. The van der Waals surface area contributed by atoms with E-state index in [0.29, 0.717) is 24.7 Å². The molecule has 6 nitrogen and oxygen atoms in total. The van der Waals surface area contributed by atoms with Crippen molar-refractivity contribution < 1.29 is 18.8 Å². The van der Waals surface area contributed by atoms with Gasteiger partial charge in [-0.15, -0.1) is 0 Å². The van der Waals surface area contributed by atoms with E-state index in [1.807, 2.05) is 55.5 Å². The molecule has 1 heterocycles. The number of aromatic nitrogens is 1. The van der Waals surface area contributed by atoms with Crippen LogP contribution >= 0.6 is 0 Å². The summed E-state index contributed by atoms with van der Waals surface area (Å²) in [5.41, 5.74) is 2.16. The van der Waals surface area contributed by atoms with Crippen LogP contribution in [0.3, 0.4) is 0 Å². The molecule has 3 aromatic rings. The molecule has 0 unspecified atom stereocenters. The molecule has 2 aromatic carbocycles. The Morgan fingerprint density at radius 2 is 1.89 bits per heavy atom. The standard InChI is InChI=1S/C21H22N2O4/c1-15-8-10-16(11-9-15)26-13-12-23(2)21(24)18-14-20(27-22-18)17-6-4-5-7-19(17)25-3/h4-11,14H,12-13H2,1-3H3. The first-order valence-corrected chi connectivity index (χ1v) is 8.63. The van der Waals surface area contributed by atoms with Crippen LogP contribution in [0, 0.1) is 6.92 Å². The number of methoxy groups -OCH3 is 1. The number of aryl methyl sites for hydroxylation is 1. The largest absolute Gasteiger partial charge is 0.496 e. The lowest BCUT2D eigenvalue weighted by molar-refractivity contribution is 0.0763. The summed E-state index contributed by atoms with van der Waals surface area (Å²) in [6.07, 6.45) is 0. The maximum Gasteiger partial charge on any atom is 0.275 e. The zero-order valence-corrected chi connectivity index (χ0v) is 15.6. The van der Waals surface area contributed by atoms with Gasteiger partial charge in [0.15, 0.2) is 11.5 Å². The molecule has 0 aliphatic carbocycles. The van der Waals surface area contributed by atoms with Gasteiger partial charge >= 0.3 is 0 Å². The molecule has 0 spiro atoms. The minimum absolute atomic E-state index is 0.229. The van der Waals surface area contributed by atoms with Gasteiger partial charge in [-0.1, -0.05) is 35.0 Å². The third kappa shape index (κ3) is 4.47. The number of carbonyl (C=O) groups is 1. The van der Waals surface area contributed by atoms with E-state index in [1.54, 1.807) is 25.1 Å². The second-order valence-corrected chi connectivity index (χ2v) is 6.16. The number of benzene rings is 2. The van der Waals surface area contributed by atoms with Gasteiger partial charge in [-0.05, 0) is 31.2 Å². The number of nitrogens with zero attached hydrogens (tertiary/aromatic N) is 2. The number of amides is 1. The van der Waals surface area contributed by atoms with Gasteiger partial charge in [0.05, 0.1) is 19.2 Å². The van der Waals surface area contributed by atoms with Crippen molar-refractivity contribution in [3.05, 3.63) is 65.9 Å². The summed E-state index contributed by atoms with van der Waals surface area (Å²) in [6.45, 7) is 2.85. The van der Waals surface area contributed by atoms with Crippen LogP contribution in [0.4, 0.5) is 0 Å². The Labute approximate surface area is 158 Å². The topological polar surface area (TPSA) is 64.8 Å². The molecule has 0 N–H and O–H groups in total. The van der Waals surface area contributed by atoms with Crippen molar-refractivity contribution in [2.75, 3.05) is 27.3 Å². The SMILES string of the molecule is COc1ccccc1-c1cc(C(=O)N(C)CCOc2ccc(C)cc2)no1. The van der Waals surface area contributed by atoms with Crippen molar-refractivity contribution in [3.63, 3.8) is 0 Å². The van der Waals surface area contributed by atoms with Gasteiger partial charge in [0.1, 0.15) is 18.1 Å². The van der Waals surface area contributed by atoms with Crippen molar-refractivity contribution in [3.8, 4) is 22.8 Å². The molecular weight excluding hydrogens is 344 g/mol. The summed E-state index contributed by atoms with van der Waals surface area (Å²) < 4.78 is 16.3. The van der Waals surface area contributed by atoms with Crippen molar-refractivity contribution in [1.29, 1.82) is 0 Å². The summed E-state index contributed by atoms with van der Waals surface area (Å²) >= 11 is 0. The second-order valence-electron chi connectivity index (χ2n) is 6.16. The van der Waals surface area contributed by atoms with Crippen molar-refractivity contribution in [2.45, 2.75) is 6.92 Å². The maximum atomic E-state index is 12.5. The molecule has 27 heavy (non-hydrogen) atoms. The average molecular weight is 366 g/mol. The Bertz CT molecular complexity index is 903. The van der Waals surface area contributed by atoms with Crippen LogP contribution in [0.5, 0.6) is 11.5 Å². The lowest BCUT2D eigenvalue weighted by Crippen LogP contribution is -2.31. The number of para-hydroxylation sites is 1. The third-order valence-electron chi connectivity index (χ3n) is 4.16. The lowest BCUT2D eigenvalue weighted by atomic mass is 10.1. The van der Waals surface area contributed by atoms with Crippen LogP contribution in [0.25, 0.3) is 11.3 Å². The first-order chi connectivity index (χ1) is 13.1. The van der Waals surface area contributed by atoms with Gasteiger partial charge in [-0.2, -0.15) is 0 Å². The molecule has 6 heteroatoms. The average Bonchev–Trinajstić information content (AvgIpc) is 3.18. The molecule has 0 aliphatic rings. The third-order valence-corrected chi connectivity index (χ3v) is 4.16. The highest BCUT2D eigenvalue weighted by Gasteiger charge is 2.19. The van der Waals surface area contributed by atoms with E-state index in [4.69, 9.17) is 14.0 Å². The number of rotatable bonds is 7. The van der Waals surface area contributed by atoms with E-state index in [9.17, 15) is 4.79 Å². The normalized spacial score (nSPS) is 10.5. The van der Waals surface area contributed by atoms with E-state index in [2.05, 4.69) is 5.16 Å². The van der Waals surface area contributed by atoms with Crippen LogP contribution in [-0.4, -0.2) is 43.3 Å². The molecule has 1 aromatic heterocycles. The van der Waals surface area contributed by atoms with Crippen LogP contribution in [-0.2, 0) is 0 Å². The monoisotopic (exact) mass is 366 g/mol. The lowest BCUT2D eigenvalue weighted by Gasteiger charge is -2.16. The zero-order chi connectivity index (χ0) is 19.2. The van der Waals surface area contributed by atoms with Crippen LogP contribution in [0.1, 0.15) is 16.1 Å². The first-order valence-electron chi connectivity index (χ1n) is 8.63. The van der Waals surface area contributed by atoms with E-state index >= 15 is 0 Å². The minimum Gasteiger partial charge on any atom is -0.496 e.